The molecule has 3 aromatic rings. The van der Waals surface area contributed by atoms with Crippen LogP contribution in [0.5, 0.6) is 5.75 Å². The smallest absolute Gasteiger partial charge is 0.235 e. The number of ether oxygens (including phenoxy) is 2. The van der Waals surface area contributed by atoms with Crippen LogP contribution in [-0.4, -0.2) is 48.8 Å². The highest BCUT2D eigenvalue weighted by atomic mass is 35.5. The molecule has 10 heteroatoms. The number of methoxy groups -OCH3 is 1. The second kappa shape index (κ2) is 7.81. The number of benzene rings is 1. The van der Waals surface area contributed by atoms with Crippen LogP contribution in [0.15, 0.2) is 30.5 Å². The SMILES string of the molecule is COc1cc(NS(=O)(=O)C2CCOCC2)ccc1-n1nc(C)c2cnc(Cl)cc21. The highest BCUT2D eigenvalue weighted by molar-refractivity contribution is 7.93. The summed E-state index contributed by atoms with van der Waals surface area (Å²) in [4.78, 5) is 4.11. The molecule has 154 valence electrons. The zero-order valence-corrected chi connectivity index (χ0v) is 17.6. The van der Waals surface area contributed by atoms with Gasteiger partial charge >= 0.3 is 0 Å². The van der Waals surface area contributed by atoms with Crippen LogP contribution >= 0.6 is 11.6 Å². The third-order valence-electron chi connectivity index (χ3n) is 4.99. The fraction of sp³-hybridized carbons (Fsp3) is 0.368. The summed E-state index contributed by atoms with van der Waals surface area (Å²) in [6.45, 7) is 2.80. The molecule has 0 spiro atoms. The van der Waals surface area contributed by atoms with Crippen molar-refractivity contribution in [2.75, 3.05) is 25.0 Å². The quantitative estimate of drug-likeness (QED) is 0.616. The Bertz CT molecular complexity index is 1160. The van der Waals surface area contributed by atoms with E-state index in [2.05, 4.69) is 14.8 Å². The minimum atomic E-state index is -3.51. The van der Waals surface area contributed by atoms with E-state index in [9.17, 15) is 8.42 Å². The summed E-state index contributed by atoms with van der Waals surface area (Å²) in [6.07, 6.45) is 2.65. The summed E-state index contributed by atoms with van der Waals surface area (Å²) in [6, 6.07) is 6.84. The first-order valence-corrected chi connectivity index (χ1v) is 11.1. The number of sulfonamides is 1. The van der Waals surface area contributed by atoms with Gasteiger partial charge in [-0.2, -0.15) is 5.10 Å². The second-order valence-electron chi connectivity index (χ2n) is 6.87. The number of hydrogen-bond acceptors (Lipinski definition) is 6. The molecule has 0 aliphatic carbocycles. The fourth-order valence-electron chi connectivity index (χ4n) is 3.47. The molecular formula is C19H21ClN4O4S. The maximum atomic E-state index is 12.7. The Morgan fingerprint density at radius 3 is 2.76 bits per heavy atom. The first-order chi connectivity index (χ1) is 13.9. The zero-order chi connectivity index (χ0) is 20.6. The molecule has 1 aromatic carbocycles. The molecule has 0 unspecified atom stereocenters. The molecule has 0 saturated carbocycles. The van der Waals surface area contributed by atoms with Crippen LogP contribution in [0.2, 0.25) is 5.15 Å². The van der Waals surface area contributed by atoms with Crippen molar-refractivity contribution in [1.29, 1.82) is 0 Å². The van der Waals surface area contributed by atoms with Gasteiger partial charge in [-0.3, -0.25) is 4.72 Å². The molecule has 1 fully saturated rings. The molecule has 1 aliphatic heterocycles. The number of anilines is 1. The van der Waals surface area contributed by atoms with Crippen molar-refractivity contribution in [3.05, 3.63) is 41.3 Å². The topological polar surface area (TPSA) is 95.3 Å². The van der Waals surface area contributed by atoms with Gasteiger partial charge in [0.2, 0.25) is 10.0 Å². The van der Waals surface area contributed by atoms with E-state index >= 15 is 0 Å². The first-order valence-electron chi connectivity index (χ1n) is 9.18. The second-order valence-corrected chi connectivity index (χ2v) is 9.21. The van der Waals surface area contributed by atoms with E-state index in [1.807, 2.05) is 6.92 Å². The van der Waals surface area contributed by atoms with Crippen molar-refractivity contribution in [1.82, 2.24) is 14.8 Å². The van der Waals surface area contributed by atoms with Crippen molar-refractivity contribution in [2.45, 2.75) is 25.0 Å². The first kappa shape index (κ1) is 19.9. The van der Waals surface area contributed by atoms with Crippen molar-refractivity contribution >= 4 is 38.2 Å². The predicted octanol–water partition coefficient (Wildman–Crippen LogP) is 3.31. The van der Waals surface area contributed by atoms with Gasteiger partial charge in [-0.05, 0) is 31.9 Å². The number of aryl methyl sites for hydroxylation is 1. The molecule has 4 rings (SSSR count). The summed E-state index contributed by atoms with van der Waals surface area (Å²) >= 11 is 6.06. The Morgan fingerprint density at radius 1 is 1.28 bits per heavy atom. The molecule has 1 saturated heterocycles. The molecule has 8 nitrogen and oxygen atoms in total. The van der Waals surface area contributed by atoms with Crippen molar-refractivity contribution in [3.8, 4) is 11.4 Å². The van der Waals surface area contributed by atoms with Gasteiger partial charge in [0.25, 0.3) is 0 Å². The lowest BCUT2D eigenvalue weighted by molar-refractivity contribution is 0.0984. The normalized spacial score (nSPS) is 15.6. The van der Waals surface area contributed by atoms with Gasteiger partial charge in [-0.25, -0.2) is 18.1 Å². The lowest BCUT2D eigenvalue weighted by Gasteiger charge is -2.23. The highest BCUT2D eigenvalue weighted by Crippen LogP contribution is 2.31. The molecule has 0 atom stereocenters. The minimum Gasteiger partial charge on any atom is -0.494 e. The molecule has 0 radical (unpaired) electrons. The van der Waals surface area contributed by atoms with Crippen LogP contribution in [0.25, 0.3) is 16.6 Å². The van der Waals surface area contributed by atoms with Crippen LogP contribution in [-0.2, 0) is 14.8 Å². The van der Waals surface area contributed by atoms with E-state index in [1.165, 1.54) is 7.11 Å². The molecule has 3 heterocycles. The number of nitrogens with zero attached hydrogens (tertiary/aromatic N) is 3. The van der Waals surface area contributed by atoms with Crippen LogP contribution < -0.4 is 9.46 Å². The predicted molar refractivity (Wildman–Crippen MR) is 112 cm³/mol. The highest BCUT2D eigenvalue weighted by Gasteiger charge is 2.28. The maximum absolute atomic E-state index is 12.7. The third-order valence-corrected chi connectivity index (χ3v) is 7.07. The summed E-state index contributed by atoms with van der Waals surface area (Å²) in [5, 5.41) is 5.34. The maximum Gasteiger partial charge on any atom is 0.235 e. The van der Waals surface area contributed by atoms with E-state index in [0.717, 1.165) is 16.6 Å². The number of pyridine rings is 1. The molecule has 2 aromatic heterocycles. The van der Waals surface area contributed by atoms with Gasteiger partial charge in [0, 0.05) is 36.9 Å². The van der Waals surface area contributed by atoms with Crippen molar-refractivity contribution in [3.63, 3.8) is 0 Å². The van der Waals surface area contributed by atoms with Crippen LogP contribution in [0.4, 0.5) is 5.69 Å². The van der Waals surface area contributed by atoms with Gasteiger partial charge in [0.05, 0.1) is 29.3 Å². The monoisotopic (exact) mass is 436 g/mol. The minimum absolute atomic E-state index is 0.360. The number of hydrogen-bond donors (Lipinski definition) is 1. The van der Waals surface area contributed by atoms with Gasteiger partial charge in [-0.1, -0.05) is 11.6 Å². The number of fused-ring (bicyclic) bond motifs is 1. The largest absolute Gasteiger partial charge is 0.494 e. The van der Waals surface area contributed by atoms with Gasteiger partial charge in [0.1, 0.15) is 16.6 Å². The molecular weight excluding hydrogens is 416 g/mol. The number of rotatable bonds is 5. The van der Waals surface area contributed by atoms with Crippen LogP contribution in [0, 0.1) is 6.92 Å². The lowest BCUT2D eigenvalue weighted by atomic mass is 10.2. The lowest BCUT2D eigenvalue weighted by Crippen LogP contribution is -2.33. The molecule has 29 heavy (non-hydrogen) atoms. The summed E-state index contributed by atoms with van der Waals surface area (Å²) < 4.78 is 40.5. The van der Waals surface area contributed by atoms with Gasteiger partial charge < -0.3 is 9.47 Å². The van der Waals surface area contributed by atoms with Crippen LogP contribution in [0.1, 0.15) is 18.5 Å². The summed E-state index contributed by atoms with van der Waals surface area (Å²) in [7, 11) is -1.98. The zero-order valence-electron chi connectivity index (χ0n) is 16.1. The van der Waals surface area contributed by atoms with E-state index in [4.69, 9.17) is 21.1 Å². The van der Waals surface area contributed by atoms with E-state index in [0.29, 0.717) is 48.3 Å². The molecule has 1 aliphatic rings. The Hall–Kier alpha value is -2.36. The van der Waals surface area contributed by atoms with Gasteiger partial charge in [0.15, 0.2) is 0 Å². The average Bonchev–Trinajstić information content (AvgIpc) is 3.03. The molecule has 1 N–H and O–H groups in total. The summed E-state index contributed by atoms with van der Waals surface area (Å²) in [5.74, 6) is 0.481. The number of nitrogens with one attached hydrogen (secondary N) is 1. The van der Waals surface area contributed by atoms with E-state index in [-0.39, 0.29) is 0 Å². The van der Waals surface area contributed by atoms with Crippen LogP contribution in [0.3, 0.4) is 0 Å². The Labute approximate surface area is 173 Å². The standard InChI is InChI=1S/C19H21ClN4O4S/c1-12-15-11-21-19(20)10-17(15)24(22-12)16-4-3-13(9-18(16)27-2)23-29(25,26)14-5-7-28-8-6-14/h3-4,9-11,14,23H,5-8H2,1-2H3. The van der Waals surface area contributed by atoms with Gasteiger partial charge in [-0.15, -0.1) is 0 Å². The van der Waals surface area contributed by atoms with E-state index < -0.39 is 15.3 Å². The van der Waals surface area contributed by atoms with E-state index in [1.54, 1.807) is 35.1 Å². The summed E-state index contributed by atoms with van der Waals surface area (Å²) in [5.41, 5.74) is 2.69. The van der Waals surface area contributed by atoms with Crippen molar-refractivity contribution < 1.29 is 17.9 Å². The Balaban J connectivity index is 1.70. The average molecular weight is 437 g/mol. The Kier molecular flexibility index (Phi) is 5.37. The number of halogens is 1. The Morgan fingerprint density at radius 2 is 2.03 bits per heavy atom. The fourth-order valence-corrected chi connectivity index (χ4v) is 5.05. The third kappa shape index (κ3) is 3.90. The molecule has 0 amide bonds. The number of aromatic nitrogens is 3. The molecule has 0 bridgehead atoms. The van der Waals surface area contributed by atoms with Crippen molar-refractivity contribution in [2.24, 2.45) is 0 Å².